The molecule has 0 heterocycles. The molecular weight excluding hydrogens is 541 g/mol. The highest BCUT2D eigenvalue weighted by Gasteiger charge is 2.44. The number of hydrogen-bond acceptors (Lipinski definition) is 2. The van der Waals surface area contributed by atoms with Gasteiger partial charge in [-0.15, -0.1) is 0 Å². The average molecular weight is 601 g/mol. The molecule has 4 rings (SSSR count). The van der Waals surface area contributed by atoms with E-state index >= 15 is 0 Å². The summed E-state index contributed by atoms with van der Waals surface area (Å²) in [6.07, 6.45) is 15.1. The van der Waals surface area contributed by atoms with E-state index in [1.165, 1.54) is 24.0 Å². The third-order valence-corrected chi connectivity index (χ3v) is 13.7. The van der Waals surface area contributed by atoms with Crippen LogP contribution in [0.3, 0.4) is 0 Å². The van der Waals surface area contributed by atoms with Crippen LogP contribution >= 0.6 is 0 Å². The van der Waals surface area contributed by atoms with Crippen molar-refractivity contribution in [2.75, 3.05) is 0 Å². The Morgan fingerprint density at radius 2 is 1.00 bits per heavy atom. The van der Waals surface area contributed by atoms with Crippen molar-refractivity contribution in [1.29, 1.82) is 0 Å². The van der Waals surface area contributed by atoms with E-state index in [4.69, 9.17) is 9.47 Å². The van der Waals surface area contributed by atoms with Crippen molar-refractivity contribution < 1.29 is 9.47 Å². The topological polar surface area (TPSA) is 18.5 Å². The molecule has 0 bridgehead atoms. The first-order chi connectivity index (χ1) is 20.2. The second-order valence-electron chi connectivity index (χ2n) is 15.6. The van der Waals surface area contributed by atoms with Crippen molar-refractivity contribution in [3.63, 3.8) is 0 Å². The molecule has 43 heavy (non-hydrogen) atoms. The van der Waals surface area contributed by atoms with Gasteiger partial charge in [-0.25, -0.2) is 0 Å². The Morgan fingerprint density at radius 3 is 1.35 bits per heavy atom. The summed E-state index contributed by atoms with van der Waals surface area (Å²) in [5.74, 6) is 0. The summed E-state index contributed by atoms with van der Waals surface area (Å²) in [5.41, 5.74) is 10.2. The summed E-state index contributed by atoms with van der Waals surface area (Å²) in [6.45, 7) is 22.8. The number of benzene rings is 2. The molecule has 236 valence electrons. The second kappa shape index (κ2) is 14.0. The number of hydrogen-bond donors (Lipinski definition) is 0. The zero-order chi connectivity index (χ0) is 31.4. The molecule has 0 N–H and O–H groups in total. The van der Waals surface area contributed by atoms with E-state index in [1.807, 2.05) is 0 Å². The monoisotopic (exact) mass is 600 g/mol. The third-order valence-electron chi connectivity index (χ3n) is 9.52. The minimum absolute atomic E-state index is 0.0809. The molecule has 0 aromatic heterocycles. The molecule has 0 fully saturated rings. The molecule has 0 amide bonds. The number of ether oxygens (including phenoxy) is 2. The summed E-state index contributed by atoms with van der Waals surface area (Å²) in [4.78, 5) is 0. The Hall–Kier alpha value is -1.94. The van der Waals surface area contributed by atoms with Crippen LogP contribution in [0.4, 0.5) is 0 Å². The molecule has 0 aliphatic heterocycles. The average Bonchev–Trinajstić information content (AvgIpc) is 3.50. The molecule has 2 aliphatic rings. The molecule has 3 heteroatoms. The predicted octanol–water partition coefficient (Wildman–Crippen LogP) is 11.7. The fraction of sp³-hybridized carbons (Fsp3) is 0.600. The van der Waals surface area contributed by atoms with Gasteiger partial charge in [0.05, 0.1) is 31.5 Å². The zero-order valence-corrected chi connectivity index (χ0v) is 30.1. The van der Waals surface area contributed by atoms with Crippen molar-refractivity contribution in [2.24, 2.45) is 0 Å². The van der Waals surface area contributed by atoms with Crippen molar-refractivity contribution >= 4 is 19.2 Å². The van der Waals surface area contributed by atoms with Gasteiger partial charge in [-0.05, 0) is 137 Å². The van der Waals surface area contributed by atoms with Crippen LogP contribution in [0.5, 0.6) is 0 Å². The Balaban J connectivity index is 1.52. The maximum atomic E-state index is 6.35. The van der Waals surface area contributed by atoms with E-state index in [-0.39, 0.29) is 11.2 Å². The van der Waals surface area contributed by atoms with Gasteiger partial charge in [0.15, 0.2) is 0 Å². The Labute approximate surface area is 265 Å². The summed E-state index contributed by atoms with van der Waals surface area (Å²) >= 11 is 0. The van der Waals surface area contributed by atoms with Crippen LogP contribution in [0.2, 0.25) is 13.1 Å². The largest absolute Gasteiger partial charge is 0.373 e. The Morgan fingerprint density at radius 1 is 0.628 bits per heavy atom. The van der Waals surface area contributed by atoms with Gasteiger partial charge >= 0.3 is 0 Å². The molecule has 2 nitrogen and oxygen atoms in total. The zero-order valence-electron chi connectivity index (χ0n) is 29.1. The Bertz CT molecular complexity index is 1170. The lowest BCUT2D eigenvalue weighted by Gasteiger charge is -2.35. The molecule has 0 spiro atoms. The lowest BCUT2D eigenvalue weighted by atomic mass is 9.99. The van der Waals surface area contributed by atoms with Crippen LogP contribution in [0, 0.1) is 0 Å². The fourth-order valence-electron chi connectivity index (χ4n) is 7.48. The number of fused-ring (bicyclic) bond motifs is 2. The number of rotatable bonds is 14. The minimum atomic E-state index is -1.82. The van der Waals surface area contributed by atoms with E-state index in [2.05, 4.69) is 129 Å². The van der Waals surface area contributed by atoms with Crippen LogP contribution in [0.1, 0.15) is 140 Å². The summed E-state index contributed by atoms with van der Waals surface area (Å²) in [5, 5.41) is 0. The first-order valence-electron chi connectivity index (χ1n) is 17.2. The highest BCUT2D eigenvalue weighted by molar-refractivity contribution is 6.81. The van der Waals surface area contributed by atoms with Gasteiger partial charge in [-0.1, -0.05) is 87.6 Å². The van der Waals surface area contributed by atoms with Crippen LogP contribution in [-0.2, 0) is 9.47 Å². The van der Waals surface area contributed by atoms with Gasteiger partial charge in [0, 0.05) is 0 Å². The van der Waals surface area contributed by atoms with Crippen LogP contribution in [0.15, 0.2) is 60.7 Å². The van der Waals surface area contributed by atoms with Crippen molar-refractivity contribution in [1.82, 2.24) is 0 Å². The third kappa shape index (κ3) is 8.62. The molecule has 4 atom stereocenters. The highest BCUT2D eigenvalue weighted by Crippen LogP contribution is 2.51. The number of allylic oxidation sites excluding steroid dienone is 4. The van der Waals surface area contributed by atoms with Crippen molar-refractivity contribution in [2.45, 2.75) is 154 Å². The molecule has 4 unspecified atom stereocenters. The first kappa shape index (κ1) is 33.9. The molecular formula is C40H60O2Si. The Kier molecular flexibility index (Phi) is 11.1. The molecule has 2 aliphatic carbocycles. The summed E-state index contributed by atoms with van der Waals surface area (Å²) in [6, 6.07) is 18.6. The first-order valence-corrected chi connectivity index (χ1v) is 20.3. The van der Waals surface area contributed by atoms with E-state index < -0.39 is 8.07 Å². The van der Waals surface area contributed by atoms with Gasteiger partial charge in [0.1, 0.15) is 0 Å². The van der Waals surface area contributed by atoms with E-state index in [1.54, 1.807) is 22.3 Å². The predicted molar refractivity (Wildman–Crippen MR) is 189 cm³/mol. The SMILES string of the molecule is CCC(CCCC1=CC([Si](C)(C)C2C=C(CCCC(CC)OC(C)(C)C)c3ccccc32)c2ccccc21)OC(C)(C)C. The molecule has 0 radical (unpaired) electrons. The van der Waals surface area contributed by atoms with Crippen LogP contribution in [-0.4, -0.2) is 31.5 Å². The van der Waals surface area contributed by atoms with E-state index in [0.717, 1.165) is 38.5 Å². The smallest absolute Gasteiger partial charge is 0.0715 e. The normalized spacial score (nSPS) is 20.0. The summed E-state index contributed by atoms with van der Waals surface area (Å²) in [7, 11) is -1.82. The van der Waals surface area contributed by atoms with Gasteiger partial charge in [0.25, 0.3) is 0 Å². The van der Waals surface area contributed by atoms with Gasteiger partial charge in [-0.3, -0.25) is 0 Å². The van der Waals surface area contributed by atoms with E-state index in [9.17, 15) is 0 Å². The quantitative estimate of drug-likeness (QED) is 0.201. The second-order valence-corrected chi connectivity index (χ2v) is 20.5. The lowest BCUT2D eigenvalue weighted by Crippen LogP contribution is -2.39. The van der Waals surface area contributed by atoms with Gasteiger partial charge in [0.2, 0.25) is 0 Å². The van der Waals surface area contributed by atoms with Crippen molar-refractivity contribution in [3.8, 4) is 0 Å². The maximum Gasteiger partial charge on any atom is 0.0715 e. The molecule has 0 saturated carbocycles. The highest BCUT2D eigenvalue weighted by atomic mass is 28.3. The maximum absolute atomic E-state index is 6.35. The van der Waals surface area contributed by atoms with Crippen LogP contribution < -0.4 is 0 Å². The summed E-state index contributed by atoms with van der Waals surface area (Å²) < 4.78 is 12.7. The molecule has 2 aromatic rings. The van der Waals surface area contributed by atoms with Crippen LogP contribution in [0.25, 0.3) is 11.1 Å². The lowest BCUT2D eigenvalue weighted by molar-refractivity contribution is -0.0650. The standard InChI is InChI=1S/C40H60O2Si/c1-11-31(41-39(3,4)5)21-17-19-29-27-37(35-25-15-13-23-33(29)35)43(9,10)38-28-30(34-24-14-16-26-36(34)38)20-18-22-32(12-2)42-40(6,7)8/h13-16,23-28,31-32,37-38H,11-12,17-22H2,1-10H3. The van der Waals surface area contributed by atoms with Gasteiger partial charge in [-0.2, -0.15) is 0 Å². The minimum Gasteiger partial charge on any atom is -0.373 e. The molecule has 0 saturated heterocycles. The van der Waals surface area contributed by atoms with E-state index in [0.29, 0.717) is 23.3 Å². The van der Waals surface area contributed by atoms with Gasteiger partial charge < -0.3 is 9.47 Å². The molecule has 2 aromatic carbocycles. The fourth-order valence-corrected chi connectivity index (χ4v) is 11.2. The van der Waals surface area contributed by atoms with Crippen molar-refractivity contribution in [3.05, 3.63) is 82.9 Å².